The van der Waals surface area contributed by atoms with Crippen molar-refractivity contribution in [3.8, 4) is 0 Å². The fourth-order valence-electron chi connectivity index (χ4n) is 3.16. The summed E-state index contributed by atoms with van der Waals surface area (Å²) in [6, 6.07) is 0. The van der Waals surface area contributed by atoms with E-state index in [1.807, 2.05) is 0 Å². The van der Waals surface area contributed by atoms with Crippen molar-refractivity contribution in [2.24, 2.45) is 0 Å². The van der Waals surface area contributed by atoms with Gasteiger partial charge in [-0.25, -0.2) is 0 Å². The third-order valence-electron chi connectivity index (χ3n) is 4.89. The first-order chi connectivity index (χ1) is 11.8. The van der Waals surface area contributed by atoms with Crippen LogP contribution in [0.1, 0.15) is 124 Å². The van der Waals surface area contributed by atoms with Gasteiger partial charge in [-0.3, -0.25) is 0 Å². The van der Waals surface area contributed by atoms with Crippen LogP contribution < -0.4 is 0 Å². The zero-order chi connectivity index (χ0) is 17.7. The third kappa shape index (κ3) is 17.9. The van der Waals surface area contributed by atoms with Crippen molar-refractivity contribution >= 4 is 0 Å². The molecule has 0 aromatic heterocycles. The Morgan fingerprint density at radius 2 is 0.958 bits per heavy atom. The summed E-state index contributed by atoms with van der Waals surface area (Å²) in [4.78, 5) is 2.58. The first-order valence-electron chi connectivity index (χ1n) is 11.3. The molecule has 0 aliphatic heterocycles. The molecular formula is C23H47N. The minimum Gasteiger partial charge on any atom is -0.378 e. The molecule has 0 amide bonds. The van der Waals surface area contributed by atoms with Crippen LogP contribution in [0.2, 0.25) is 0 Å². The van der Waals surface area contributed by atoms with Gasteiger partial charge in [0.1, 0.15) is 0 Å². The molecule has 24 heavy (non-hydrogen) atoms. The first kappa shape index (κ1) is 23.5. The van der Waals surface area contributed by atoms with Crippen LogP contribution in [0, 0.1) is 0 Å². The molecule has 1 nitrogen and oxygen atoms in total. The Labute approximate surface area is 154 Å². The Morgan fingerprint density at radius 3 is 1.54 bits per heavy atom. The van der Waals surface area contributed by atoms with Gasteiger partial charge in [-0.1, -0.05) is 104 Å². The second kappa shape index (κ2) is 20.6. The van der Waals surface area contributed by atoms with Crippen molar-refractivity contribution in [1.82, 2.24) is 4.90 Å². The minimum absolute atomic E-state index is 1.25. The van der Waals surface area contributed by atoms with Crippen LogP contribution in [0.5, 0.6) is 0 Å². The highest BCUT2D eigenvalue weighted by atomic mass is 15.1. The Morgan fingerprint density at radius 1 is 0.500 bits per heavy atom. The molecule has 0 heterocycles. The normalized spacial score (nSPS) is 11.5. The Balaban J connectivity index is 3.68. The molecule has 0 unspecified atom stereocenters. The molecule has 0 atom stereocenters. The molecule has 144 valence electrons. The van der Waals surface area contributed by atoms with Crippen LogP contribution >= 0.6 is 0 Å². The molecule has 0 N–H and O–H groups in total. The van der Waals surface area contributed by atoms with Crippen molar-refractivity contribution in [1.29, 1.82) is 0 Å². The van der Waals surface area contributed by atoms with Crippen LogP contribution in [-0.2, 0) is 0 Å². The van der Waals surface area contributed by atoms with Gasteiger partial charge in [-0.2, -0.15) is 0 Å². The average molecular weight is 338 g/mol. The fourth-order valence-corrected chi connectivity index (χ4v) is 3.16. The summed E-state index contributed by atoms with van der Waals surface area (Å²) in [5, 5.41) is 0. The smallest absolute Gasteiger partial charge is 0.0172 e. The number of nitrogens with zero attached hydrogens (tertiary/aromatic N) is 1. The SMILES string of the molecule is CCCCCCC/C=C/N(CCCC)CCCCCCCCCC. The molecule has 0 fully saturated rings. The van der Waals surface area contributed by atoms with Crippen molar-refractivity contribution in [2.75, 3.05) is 13.1 Å². The van der Waals surface area contributed by atoms with Crippen LogP contribution in [0.15, 0.2) is 12.3 Å². The monoisotopic (exact) mass is 337 g/mol. The first-order valence-corrected chi connectivity index (χ1v) is 11.3. The van der Waals surface area contributed by atoms with Gasteiger partial charge in [-0.15, -0.1) is 0 Å². The maximum absolute atomic E-state index is 2.58. The molecule has 1 heteroatoms. The minimum atomic E-state index is 1.25. The highest BCUT2D eigenvalue weighted by Gasteiger charge is 1.99. The largest absolute Gasteiger partial charge is 0.378 e. The van der Waals surface area contributed by atoms with Crippen LogP contribution in [-0.4, -0.2) is 18.0 Å². The molecule has 0 bridgehead atoms. The number of unbranched alkanes of at least 4 members (excludes halogenated alkanes) is 13. The van der Waals surface area contributed by atoms with E-state index >= 15 is 0 Å². The number of rotatable bonds is 19. The Hall–Kier alpha value is -0.460. The van der Waals surface area contributed by atoms with Gasteiger partial charge in [0.25, 0.3) is 0 Å². The van der Waals surface area contributed by atoms with Crippen molar-refractivity contribution in [2.45, 2.75) is 124 Å². The quantitative estimate of drug-likeness (QED) is 0.215. The maximum atomic E-state index is 2.58. The lowest BCUT2D eigenvalue weighted by Crippen LogP contribution is -2.19. The molecule has 0 saturated heterocycles. The van der Waals surface area contributed by atoms with E-state index in [9.17, 15) is 0 Å². The van der Waals surface area contributed by atoms with Crippen molar-refractivity contribution in [3.05, 3.63) is 12.3 Å². The Kier molecular flexibility index (Phi) is 20.2. The van der Waals surface area contributed by atoms with Gasteiger partial charge in [-0.05, 0) is 31.9 Å². The van der Waals surface area contributed by atoms with Gasteiger partial charge in [0.15, 0.2) is 0 Å². The lowest BCUT2D eigenvalue weighted by Gasteiger charge is -2.20. The van der Waals surface area contributed by atoms with Gasteiger partial charge in [0.2, 0.25) is 0 Å². The summed E-state index contributed by atoms with van der Waals surface area (Å²) >= 11 is 0. The zero-order valence-electron chi connectivity index (χ0n) is 17.3. The second-order valence-electron chi connectivity index (χ2n) is 7.45. The maximum Gasteiger partial charge on any atom is 0.0172 e. The van der Waals surface area contributed by atoms with Crippen LogP contribution in [0.3, 0.4) is 0 Å². The van der Waals surface area contributed by atoms with Crippen LogP contribution in [0.25, 0.3) is 0 Å². The van der Waals surface area contributed by atoms with E-state index in [1.165, 1.54) is 116 Å². The molecular weight excluding hydrogens is 290 g/mol. The van der Waals surface area contributed by atoms with Gasteiger partial charge >= 0.3 is 0 Å². The van der Waals surface area contributed by atoms with E-state index < -0.39 is 0 Å². The highest BCUT2D eigenvalue weighted by Crippen LogP contribution is 2.10. The topological polar surface area (TPSA) is 3.24 Å². The summed E-state index contributed by atoms with van der Waals surface area (Å²) in [6.45, 7) is 9.40. The molecule has 0 aliphatic rings. The summed E-state index contributed by atoms with van der Waals surface area (Å²) in [5.74, 6) is 0. The lowest BCUT2D eigenvalue weighted by molar-refractivity contribution is 0.353. The standard InChI is InChI=1S/C23H47N/c1-4-7-10-12-14-16-18-20-23-24(21-9-6-3)22-19-17-15-13-11-8-5-2/h19,22H,4-18,20-21,23H2,1-3H3/b22-19+. The fraction of sp³-hybridized carbons (Fsp3) is 0.913. The Bertz CT molecular complexity index is 246. The molecule has 0 rings (SSSR count). The number of hydrogen-bond acceptors (Lipinski definition) is 1. The summed E-state index contributed by atoms with van der Waals surface area (Å²) < 4.78 is 0. The predicted molar refractivity (Wildman–Crippen MR) is 112 cm³/mol. The molecule has 0 aromatic carbocycles. The van der Waals surface area contributed by atoms with Crippen LogP contribution in [0.4, 0.5) is 0 Å². The van der Waals surface area contributed by atoms with E-state index in [2.05, 4.69) is 37.9 Å². The second-order valence-corrected chi connectivity index (χ2v) is 7.45. The third-order valence-corrected chi connectivity index (χ3v) is 4.89. The number of allylic oxidation sites excluding steroid dienone is 1. The summed E-state index contributed by atoms with van der Waals surface area (Å²) in [5.41, 5.74) is 0. The van der Waals surface area contributed by atoms with Crippen molar-refractivity contribution in [3.63, 3.8) is 0 Å². The summed E-state index contributed by atoms with van der Waals surface area (Å²) in [7, 11) is 0. The van der Waals surface area contributed by atoms with E-state index in [-0.39, 0.29) is 0 Å². The van der Waals surface area contributed by atoms with Gasteiger partial charge < -0.3 is 4.90 Å². The highest BCUT2D eigenvalue weighted by molar-refractivity contribution is 4.82. The van der Waals surface area contributed by atoms with Gasteiger partial charge in [0, 0.05) is 13.1 Å². The molecule has 0 radical (unpaired) electrons. The van der Waals surface area contributed by atoms with E-state index in [4.69, 9.17) is 0 Å². The molecule has 0 saturated carbocycles. The predicted octanol–water partition coefficient (Wildman–Crippen LogP) is 8.10. The zero-order valence-corrected chi connectivity index (χ0v) is 17.3. The van der Waals surface area contributed by atoms with E-state index in [1.54, 1.807) is 0 Å². The van der Waals surface area contributed by atoms with Gasteiger partial charge in [0.05, 0.1) is 0 Å². The average Bonchev–Trinajstić information content (AvgIpc) is 2.60. The molecule has 0 spiro atoms. The number of hydrogen-bond donors (Lipinski definition) is 0. The lowest BCUT2D eigenvalue weighted by atomic mass is 10.1. The molecule has 0 aliphatic carbocycles. The molecule has 0 aromatic rings. The summed E-state index contributed by atoms with van der Waals surface area (Å²) in [6.07, 6.45) is 27.0. The van der Waals surface area contributed by atoms with Crippen molar-refractivity contribution < 1.29 is 0 Å². The van der Waals surface area contributed by atoms with E-state index in [0.717, 1.165) is 0 Å². The van der Waals surface area contributed by atoms with E-state index in [0.29, 0.717) is 0 Å².